The molecule has 2 heterocycles. The first-order valence-electron chi connectivity index (χ1n) is 8.69. The van der Waals surface area contributed by atoms with Crippen LogP contribution in [0.4, 0.5) is 5.13 Å². The Bertz CT molecular complexity index is 890. The molecule has 0 bridgehead atoms. The minimum Gasteiger partial charge on any atom is -0.494 e. The molecule has 0 N–H and O–H groups in total. The molecule has 0 radical (unpaired) electrons. The van der Waals surface area contributed by atoms with Gasteiger partial charge in [-0.05, 0) is 37.8 Å². The number of methoxy groups -OCH3 is 1. The molecule has 1 saturated carbocycles. The third-order valence-electron chi connectivity index (χ3n) is 4.94. The van der Waals surface area contributed by atoms with Crippen LogP contribution >= 0.6 is 11.3 Å². The van der Waals surface area contributed by atoms with Gasteiger partial charge in [-0.25, -0.2) is 13.4 Å². The monoisotopic (exact) mass is 381 g/mol. The Kier molecular flexibility index (Phi) is 4.37. The van der Waals surface area contributed by atoms with Gasteiger partial charge in [0.25, 0.3) is 0 Å². The van der Waals surface area contributed by atoms with Crippen LogP contribution in [0.2, 0.25) is 0 Å². The topological polar surface area (TPSA) is 62.7 Å². The van der Waals surface area contributed by atoms with E-state index in [0.29, 0.717) is 19.6 Å². The van der Waals surface area contributed by atoms with E-state index < -0.39 is 10.0 Å². The van der Waals surface area contributed by atoms with Crippen LogP contribution in [0.15, 0.2) is 12.1 Å². The normalized spacial score (nSPS) is 20.0. The fraction of sp³-hybridized carbons (Fsp3) is 0.588. The molecule has 0 atom stereocenters. The molecule has 1 aromatic heterocycles. The first kappa shape index (κ1) is 17.1. The maximum absolute atomic E-state index is 12.5. The summed E-state index contributed by atoms with van der Waals surface area (Å²) < 4.78 is 33.2. The quantitative estimate of drug-likeness (QED) is 0.815. The van der Waals surface area contributed by atoms with Crippen LogP contribution in [0.3, 0.4) is 0 Å². The maximum atomic E-state index is 12.5. The van der Waals surface area contributed by atoms with Crippen LogP contribution in [-0.4, -0.2) is 56.2 Å². The van der Waals surface area contributed by atoms with Crippen LogP contribution in [0.5, 0.6) is 5.75 Å². The number of rotatable bonds is 4. The predicted molar refractivity (Wildman–Crippen MR) is 101 cm³/mol. The molecule has 2 aliphatic rings. The molecule has 1 aliphatic heterocycles. The Balaban J connectivity index is 1.58. The molecule has 25 heavy (non-hydrogen) atoms. The first-order valence-corrected chi connectivity index (χ1v) is 11.0. The Morgan fingerprint density at radius 1 is 1.20 bits per heavy atom. The van der Waals surface area contributed by atoms with Crippen molar-refractivity contribution in [2.24, 2.45) is 0 Å². The number of benzene rings is 1. The Morgan fingerprint density at radius 3 is 2.72 bits per heavy atom. The first-order chi connectivity index (χ1) is 12.0. The van der Waals surface area contributed by atoms with E-state index in [9.17, 15) is 8.42 Å². The van der Waals surface area contributed by atoms with Crippen molar-refractivity contribution in [2.75, 3.05) is 38.2 Å². The fourth-order valence-electron chi connectivity index (χ4n) is 3.31. The number of fused-ring (bicyclic) bond motifs is 1. The standard InChI is InChI=1S/C17H23N3O3S2/c1-12-4-7-14(23-2)15-16(12)24-17(18-15)19-8-3-9-20(11-10-19)25(21,22)13-5-6-13/h4,7,13H,3,5-6,8-11H2,1-2H3. The minimum absolute atomic E-state index is 0.131. The summed E-state index contributed by atoms with van der Waals surface area (Å²) in [7, 11) is -1.43. The Labute approximate surface area is 152 Å². The molecular weight excluding hydrogens is 358 g/mol. The molecular formula is C17H23N3O3S2. The predicted octanol–water partition coefficient (Wildman–Crippen LogP) is 2.62. The molecule has 1 aromatic carbocycles. The number of sulfonamides is 1. The Morgan fingerprint density at radius 2 is 2.00 bits per heavy atom. The van der Waals surface area contributed by atoms with Crippen molar-refractivity contribution < 1.29 is 13.2 Å². The molecule has 2 aromatic rings. The number of aromatic nitrogens is 1. The van der Waals surface area contributed by atoms with E-state index in [0.717, 1.165) is 46.9 Å². The molecule has 1 saturated heterocycles. The van der Waals surface area contributed by atoms with Gasteiger partial charge >= 0.3 is 0 Å². The van der Waals surface area contributed by atoms with Gasteiger partial charge in [-0.15, -0.1) is 0 Å². The molecule has 0 unspecified atom stereocenters. The molecule has 0 amide bonds. The second-order valence-corrected chi connectivity index (χ2v) is 9.93. The van der Waals surface area contributed by atoms with Gasteiger partial charge in [0.2, 0.25) is 10.0 Å². The van der Waals surface area contributed by atoms with Gasteiger partial charge in [-0.2, -0.15) is 4.31 Å². The van der Waals surface area contributed by atoms with Gasteiger partial charge in [0, 0.05) is 26.2 Å². The average molecular weight is 382 g/mol. The molecule has 2 fully saturated rings. The van der Waals surface area contributed by atoms with E-state index in [1.165, 1.54) is 5.56 Å². The van der Waals surface area contributed by atoms with Crippen LogP contribution < -0.4 is 9.64 Å². The van der Waals surface area contributed by atoms with Crippen molar-refractivity contribution in [3.05, 3.63) is 17.7 Å². The fourth-order valence-corrected chi connectivity index (χ4v) is 6.29. The number of hydrogen-bond donors (Lipinski definition) is 0. The summed E-state index contributed by atoms with van der Waals surface area (Å²) in [5.74, 6) is 0.788. The average Bonchev–Trinajstić information content (AvgIpc) is 3.39. The number of nitrogens with zero attached hydrogens (tertiary/aromatic N) is 3. The van der Waals surface area contributed by atoms with E-state index in [-0.39, 0.29) is 5.25 Å². The highest BCUT2D eigenvalue weighted by Crippen LogP contribution is 2.37. The van der Waals surface area contributed by atoms with Crippen molar-refractivity contribution in [1.82, 2.24) is 9.29 Å². The highest BCUT2D eigenvalue weighted by Gasteiger charge is 2.40. The van der Waals surface area contributed by atoms with Gasteiger partial charge in [0.05, 0.1) is 17.1 Å². The van der Waals surface area contributed by atoms with Crippen LogP contribution in [0.25, 0.3) is 10.2 Å². The smallest absolute Gasteiger partial charge is 0.217 e. The van der Waals surface area contributed by atoms with Crippen molar-refractivity contribution in [3.63, 3.8) is 0 Å². The lowest BCUT2D eigenvalue weighted by atomic mass is 10.2. The lowest BCUT2D eigenvalue weighted by molar-refractivity contribution is 0.419. The summed E-state index contributed by atoms with van der Waals surface area (Å²) in [4.78, 5) is 7.01. The number of anilines is 1. The molecule has 4 rings (SSSR count). The lowest BCUT2D eigenvalue weighted by Crippen LogP contribution is -2.37. The van der Waals surface area contributed by atoms with Gasteiger partial charge in [-0.1, -0.05) is 17.4 Å². The van der Waals surface area contributed by atoms with Crippen molar-refractivity contribution in [2.45, 2.75) is 31.4 Å². The summed E-state index contributed by atoms with van der Waals surface area (Å²) in [6.45, 7) is 4.76. The van der Waals surface area contributed by atoms with E-state index in [2.05, 4.69) is 17.9 Å². The second kappa shape index (κ2) is 6.41. The van der Waals surface area contributed by atoms with Gasteiger partial charge in [-0.3, -0.25) is 0 Å². The van der Waals surface area contributed by atoms with Gasteiger partial charge < -0.3 is 9.64 Å². The zero-order chi connectivity index (χ0) is 17.6. The van der Waals surface area contributed by atoms with Crippen molar-refractivity contribution in [3.8, 4) is 5.75 Å². The highest BCUT2D eigenvalue weighted by molar-refractivity contribution is 7.90. The lowest BCUT2D eigenvalue weighted by Gasteiger charge is -2.21. The number of hydrogen-bond acceptors (Lipinski definition) is 6. The van der Waals surface area contributed by atoms with Crippen LogP contribution in [0.1, 0.15) is 24.8 Å². The van der Waals surface area contributed by atoms with Crippen molar-refractivity contribution >= 4 is 36.7 Å². The zero-order valence-electron chi connectivity index (χ0n) is 14.6. The molecule has 6 nitrogen and oxygen atoms in total. The number of thiazole rings is 1. The molecule has 1 aliphatic carbocycles. The summed E-state index contributed by atoms with van der Waals surface area (Å²) in [6, 6.07) is 4.00. The van der Waals surface area contributed by atoms with Crippen molar-refractivity contribution in [1.29, 1.82) is 0 Å². The molecule has 136 valence electrons. The van der Waals surface area contributed by atoms with E-state index in [1.807, 2.05) is 6.07 Å². The van der Waals surface area contributed by atoms with Crippen LogP contribution in [-0.2, 0) is 10.0 Å². The van der Waals surface area contributed by atoms with Crippen LogP contribution in [0, 0.1) is 6.92 Å². The third kappa shape index (κ3) is 3.11. The Hall–Kier alpha value is -1.38. The SMILES string of the molecule is COc1ccc(C)c2sc(N3CCCN(S(=O)(=O)C4CC4)CC3)nc12. The summed E-state index contributed by atoms with van der Waals surface area (Å²) in [5, 5.41) is 0.821. The second-order valence-electron chi connectivity index (χ2n) is 6.74. The van der Waals surface area contributed by atoms with Gasteiger partial charge in [0.1, 0.15) is 11.3 Å². The zero-order valence-corrected chi connectivity index (χ0v) is 16.2. The summed E-state index contributed by atoms with van der Waals surface area (Å²) >= 11 is 1.66. The van der Waals surface area contributed by atoms with E-state index >= 15 is 0 Å². The molecule has 8 heteroatoms. The largest absolute Gasteiger partial charge is 0.494 e. The molecule has 0 spiro atoms. The minimum atomic E-state index is -3.09. The van der Waals surface area contributed by atoms with E-state index in [1.54, 1.807) is 22.8 Å². The maximum Gasteiger partial charge on any atom is 0.217 e. The summed E-state index contributed by atoms with van der Waals surface area (Å²) in [6.07, 6.45) is 2.47. The summed E-state index contributed by atoms with van der Waals surface area (Å²) in [5.41, 5.74) is 2.08. The number of aryl methyl sites for hydroxylation is 1. The number of ether oxygens (including phenoxy) is 1. The highest BCUT2D eigenvalue weighted by atomic mass is 32.2. The van der Waals surface area contributed by atoms with E-state index in [4.69, 9.17) is 9.72 Å². The van der Waals surface area contributed by atoms with Gasteiger partial charge in [0.15, 0.2) is 5.13 Å². The third-order valence-corrected chi connectivity index (χ3v) is 8.59.